The van der Waals surface area contributed by atoms with Gasteiger partial charge in [0.25, 0.3) is 0 Å². The minimum absolute atomic E-state index is 0.933. The van der Waals surface area contributed by atoms with E-state index < -0.39 is 0 Å². The number of aromatic nitrogens is 6. The van der Waals surface area contributed by atoms with Crippen molar-refractivity contribution in [2.45, 2.75) is 6.92 Å². The Morgan fingerprint density at radius 2 is 0.380 bits per heavy atom. The Kier molecular flexibility index (Phi) is 20.7. The predicted octanol–water partition coefficient (Wildman–Crippen LogP) is 37.6. The average Bonchev–Trinajstić information content (AvgIpc) is 1.65. The van der Waals surface area contributed by atoms with E-state index in [4.69, 9.17) is 24.9 Å². The highest BCUT2D eigenvalue weighted by molar-refractivity contribution is 7.27. The van der Waals surface area contributed by atoms with Crippen LogP contribution in [-0.2, 0) is 0 Å². The van der Waals surface area contributed by atoms with Crippen LogP contribution in [0.4, 0.5) is 0 Å². The molecule has 0 aliphatic carbocycles. The van der Waals surface area contributed by atoms with Gasteiger partial charge >= 0.3 is 0 Å². The van der Waals surface area contributed by atoms with Gasteiger partial charge in [-0.3, -0.25) is 29.9 Å². The minimum Gasteiger partial charge on any atom is -0.252 e. The maximum Gasteiger partial charge on any atom is 0.0971 e. The maximum atomic E-state index is 4.80. The van der Waals surface area contributed by atoms with Gasteiger partial charge in [0.2, 0.25) is 0 Å². The molecule has 0 radical (unpaired) electrons. The lowest BCUT2D eigenvalue weighted by molar-refractivity contribution is 1.31. The fourth-order valence-corrected chi connectivity index (χ4v) is 25.5. The molecule has 9 heteroatoms. The standard InChI is InChI=1S/C52H32N2S.C46H28N2S.C35H22N2S/c1-4-14-33(15-5-1)37-29-44(34-16-6-2-7-17-34)51-47(30-37)48-32-38(31-45(52(48)55-51)35-18-8-3-9-19-35)40-21-11-10-20-39(40)36-24-25-43-46(28-36)41-22-12-13-23-42(41)49-50(43)54-27-26-53-49;1-3-12-29(13-4-1)35-20-11-21-39-42-28-32(27-40(46(42)49-45(35)39)30-14-5-2-6-15-30)34-17-8-7-16-33(34)31-22-23-38-41(26-31)36-18-9-10-19-37(36)43-44(38)48-25-24-47-43;1-21-10-14-32-30(18-21)31-20-23(12-15-33(31)38-32)25-7-3-2-6-24(25)22-11-13-28-29(19-22)26-8-4-5-9-27(26)34-35(28)37-17-16-36-34/h1-32H;1-28H;2-20H,1H3. The van der Waals surface area contributed by atoms with Crippen LogP contribution in [0.5, 0.6) is 0 Å². The third kappa shape index (κ3) is 14.5. The van der Waals surface area contributed by atoms with Crippen LogP contribution in [0.15, 0.2) is 480 Å². The first-order valence-corrected chi connectivity index (χ1v) is 50.5. The van der Waals surface area contributed by atoms with Crippen molar-refractivity contribution >= 4 is 192 Å². The number of nitrogens with zero attached hydrogens (tertiary/aromatic N) is 6. The molecule has 6 nitrogen and oxygen atoms in total. The molecule has 0 spiro atoms. The molecule has 0 fully saturated rings. The van der Waals surface area contributed by atoms with E-state index in [1.165, 1.54) is 221 Å². The summed E-state index contributed by atoms with van der Waals surface area (Å²) in [6, 6.07) is 161. The van der Waals surface area contributed by atoms with Crippen molar-refractivity contribution < 1.29 is 0 Å². The number of benzene rings is 23. The van der Waals surface area contributed by atoms with Gasteiger partial charge in [0.1, 0.15) is 0 Å². The van der Waals surface area contributed by atoms with Crippen LogP contribution in [0.25, 0.3) is 281 Å². The Labute approximate surface area is 830 Å². The number of hydrogen-bond donors (Lipinski definition) is 0. The van der Waals surface area contributed by atoms with Gasteiger partial charge < -0.3 is 0 Å². The van der Waals surface area contributed by atoms with Gasteiger partial charge in [-0.15, -0.1) is 34.0 Å². The molecule has 23 aromatic carbocycles. The van der Waals surface area contributed by atoms with E-state index in [1.54, 1.807) is 37.2 Å². The first kappa shape index (κ1) is 83.7. The molecule has 0 amide bonds. The third-order valence-electron chi connectivity index (χ3n) is 28.3. The van der Waals surface area contributed by atoms with Crippen molar-refractivity contribution in [3.63, 3.8) is 0 Å². The topological polar surface area (TPSA) is 77.3 Å². The lowest BCUT2D eigenvalue weighted by atomic mass is 9.89. The quantitative estimate of drug-likeness (QED) is 0.120. The molecule has 0 aliphatic rings. The molecule has 0 saturated heterocycles. The lowest BCUT2D eigenvalue weighted by Crippen LogP contribution is -1.90. The molecule has 662 valence electrons. The Morgan fingerprint density at radius 1 is 0.134 bits per heavy atom. The summed E-state index contributed by atoms with van der Waals surface area (Å²) in [5.41, 5.74) is 33.8. The van der Waals surface area contributed by atoms with Crippen LogP contribution < -0.4 is 0 Å². The van der Waals surface area contributed by atoms with E-state index in [-0.39, 0.29) is 0 Å². The molecular formula is C133H82N6S3. The zero-order chi connectivity index (χ0) is 93.8. The minimum atomic E-state index is 0.933. The molecule has 0 saturated carbocycles. The summed E-state index contributed by atoms with van der Waals surface area (Å²) < 4.78 is 7.92. The number of hydrogen-bond acceptors (Lipinski definition) is 9. The fraction of sp³-hybridized carbons (Fsp3) is 0.00752. The monoisotopic (exact) mass is 1860 g/mol. The van der Waals surface area contributed by atoms with Crippen molar-refractivity contribution in [2.75, 3.05) is 0 Å². The highest BCUT2D eigenvalue weighted by atomic mass is 32.1. The third-order valence-corrected chi connectivity index (χ3v) is 32.1. The summed E-state index contributed by atoms with van der Waals surface area (Å²) in [6.45, 7) is 2.17. The Bertz CT molecular complexity index is 10000. The first-order chi connectivity index (χ1) is 70.3. The van der Waals surface area contributed by atoms with E-state index in [2.05, 4.69) is 455 Å². The summed E-state index contributed by atoms with van der Waals surface area (Å²) in [6.07, 6.45) is 10.7. The van der Waals surface area contributed by atoms with E-state index in [9.17, 15) is 0 Å². The SMILES string of the molecule is Cc1ccc2sc3ccc(-c4ccccc4-c4ccc5c(c4)c4ccccc4c4nccnc54)cc3c2c1.c1ccc(-c2cc(-c3ccccc3)c3sc4c(-c5ccccc5)cc(-c5ccccc5-c5ccc6c(c5)c5ccccc5c5nccnc65)cc4c3c2)cc1.c1ccc(-c2cccc3c2sc2c(-c4ccccc4)cc(-c4ccccc4-c4ccc5c(c4)c4ccccc4c4nccnc54)cc23)cc1. The van der Waals surface area contributed by atoms with E-state index >= 15 is 0 Å². The first-order valence-electron chi connectivity index (χ1n) is 48.0. The van der Waals surface area contributed by atoms with Crippen LogP contribution in [0.3, 0.4) is 0 Å². The van der Waals surface area contributed by atoms with Gasteiger partial charge in [-0.25, -0.2) is 0 Å². The van der Waals surface area contributed by atoms with E-state index in [0.717, 1.165) is 65.4 Å². The van der Waals surface area contributed by atoms with Crippen molar-refractivity contribution in [3.8, 4) is 122 Å². The van der Waals surface area contributed by atoms with Crippen molar-refractivity contribution in [1.29, 1.82) is 0 Å². The molecule has 6 aromatic heterocycles. The Hall–Kier alpha value is -17.7. The second-order valence-electron chi connectivity index (χ2n) is 36.5. The van der Waals surface area contributed by atoms with Crippen LogP contribution in [0.1, 0.15) is 5.56 Å². The van der Waals surface area contributed by atoms with Gasteiger partial charge in [0, 0.05) is 147 Å². The molecule has 0 unspecified atom stereocenters. The molecule has 6 heterocycles. The molecule has 0 atom stereocenters. The normalized spacial score (nSPS) is 11.7. The summed E-state index contributed by atoms with van der Waals surface area (Å²) in [7, 11) is 0. The Morgan fingerprint density at radius 3 is 0.754 bits per heavy atom. The number of rotatable bonds is 11. The summed E-state index contributed by atoms with van der Waals surface area (Å²) >= 11 is 5.67. The number of fused-ring (bicyclic) bond motifs is 27. The number of aryl methyl sites for hydroxylation is 1. The Balaban J connectivity index is 0.000000108. The summed E-state index contributed by atoms with van der Waals surface area (Å²) in [5, 5.41) is 21.7. The van der Waals surface area contributed by atoms with Gasteiger partial charge in [-0.2, -0.15) is 0 Å². The molecule has 29 rings (SSSR count). The highest BCUT2D eigenvalue weighted by Gasteiger charge is 2.25. The van der Waals surface area contributed by atoms with Gasteiger partial charge in [-0.05, 0) is 224 Å². The van der Waals surface area contributed by atoms with E-state index in [0.29, 0.717) is 0 Å². The molecule has 142 heavy (non-hydrogen) atoms. The molecule has 0 bridgehead atoms. The molecule has 0 aliphatic heterocycles. The van der Waals surface area contributed by atoms with Crippen LogP contribution in [-0.4, -0.2) is 29.9 Å². The summed E-state index contributed by atoms with van der Waals surface area (Å²) in [4.78, 5) is 28.5. The van der Waals surface area contributed by atoms with E-state index in [1.807, 2.05) is 34.0 Å². The predicted molar refractivity (Wildman–Crippen MR) is 607 cm³/mol. The summed E-state index contributed by atoms with van der Waals surface area (Å²) in [5.74, 6) is 0. The fourth-order valence-electron chi connectivity index (χ4n) is 21.7. The maximum absolute atomic E-state index is 4.80. The number of thiophene rings is 3. The van der Waals surface area contributed by atoms with Gasteiger partial charge in [0.05, 0.1) is 33.1 Å². The molecular weight excluding hydrogens is 1780 g/mol. The lowest BCUT2D eigenvalue weighted by Gasteiger charge is -2.15. The smallest absolute Gasteiger partial charge is 0.0971 e. The second kappa shape index (κ2) is 35.1. The second-order valence-corrected chi connectivity index (χ2v) is 39.7. The zero-order valence-corrected chi connectivity index (χ0v) is 79.5. The molecule has 0 N–H and O–H groups in total. The molecule has 29 aromatic rings. The average molecular weight is 1860 g/mol. The van der Waals surface area contributed by atoms with Crippen LogP contribution >= 0.6 is 34.0 Å². The van der Waals surface area contributed by atoms with Crippen molar-refractivity contribution in [2.24, 2.45) is 0 Å². The highest BCUT2D eigenvalue weighted by Crippen LogP contribution is 2.53. The van der Waals surface area contributed by atoms with Crippen LogP contribution in [0, 0.1) is 6.92 Å². The van der Waals surface area contributed by atoms with Crippen LogP contribution in [0.2, 0.25) is 0 Å². The van der Waals surface area contributed by atoms with Gasteiger partial charge in [0.15, 0.2) is 0 Å². The van der Waals surface area contributed by atoms with Crippen molar-refractivity contribution in [1.82, 2.24) is 29.9 Å². The van der Waals surface area contributed by atoms with Crippen molar-refractivity contribution in [3.05, 3.63) is 486 Å². The zero-order valence-electron chi connectivity index (χ0n) is 77.0. The van der Waals surface area contributed by atoms with Gasteiger partial charge in [-0.1, -0.05) is 370 Å². The largest absolute Gasteiger partial charge is 0.252 e.